The van der Waals surface area contributed by atoms with Crippen molar-refractivity contribution < 1.29 is 14.3 Å². The molecule has 2 amide bonds. The Balaban J connectivity index is 2.31. The summed E-state index contributed by atoms with van der Waals surface area (Å²) in [6.07, 6.45) is 2.97. The highest BCUT2D eigenvalue weighted by Crippen LogP contribution is 2.16. The van der Waals surface area contributed by atoms with E-state index in [1.54, 1.807) is 13.8 Å². The molecule has 1 unspecified atom stereocenters. The van der Waals surface area contributed by atoms with E-state index in [1.165, 1.54) is 0 Å². The van der Waals surface area contributed by atoms with Crippen LogP contribution in [0.5, 0.6) is 0 Å². The molecule has 21 heavy (non-hydrogen) atoms. The van der Waals surface area contributed by atoms with Crippen LogP contribution < -0.4 is 10.6 Å². The van der Waals surface area contributed by atoms with Crippen LogP contribution in [0.1, 0.15) is 33.1 Å². The molecule has 6 heteroatoms. The SMILES string of the molecule is CN(C)CCCNC(=O)C(C)(C)C(=O)NCC1CCCO1. The number of nitrogens with zero attached hydrogens (tertiary/aromatic N) is 1. The third-order valence-corrected chi connectivity index (χ3v) is 3.72. The Hall–Kier alpha value is -1.14. The molecule has 1 saturated heterocycles. The van der Waals surface area contributed by atoms with Crippen molar-refractivity contribution in [2.45, 2.75) is 39.2 Å². The van der Waals surface area contributed by atoms with E-state index in [0.717, 1.165) is 32.4 Å². The standard InChI is InChI=1S/C15H29N3O3/c1-15(2,13(19)16-8-6-9-18(3)4)14(20)17-11-12-7-5-10-21-12/h12H,5-11H2,1-4H3,(H,16,19)(H,17,20). The molecule has 0 aliphatic carbocycles. The van der Waals surface area contributed by atoms with E-state index >= 15 is 0 Å². The number of carbonyl (C=O) groups excluding carboxylic acids is 2. The summed E-state index contributed by atoms with van der Waals surface area (Å²) in [6.45, 7) is 6.04. The quantitative estimate of drug-likeness (QED) is 0.502. The second-order valence-electron chi connectivity index (χ2n) is 6.38. The molecule has 1 heterocycles. The van der Waals surface area contributed by atoms with Gasteiger partial charge in [-0.2, -0.15) is 0 Å². The Kier molecular flexibility index (Phi) is 7.11. The lowest BCUT2D eigenvalue weighted by Crippen LogP contribution is -2.49. The minimum atomic E-state index is -1.06. The second kappa shape index (κ2) is 8.34. The fourth-order valence-electron chi connectivity index (χ4n) is 2.15. The smallest absolute Gasteiger partial charge is 0.235 e. The predicted molar refractivity (Wildman–Crippen MR) is 81.9 cm³/mol. The van der Waals surface area contributed by atoms with Crippen molar-refractivity contribution in [2.24, 2.45) is 5.41 Å². The van der Waals surface area contributed by atoms with E-state index < -0.39 is 5.41 Å². The molecular formula is C15H29N3O3. The van der Waals surface area contributed by atoms with Crippen molar-refractivity contribution in [1.29, 1.82) is 0 Å². The van der Waals surface area contributed by atoms with Gasteiger partial charge in [0.15, 0.2) is 0 Å². The molecule has 0 aromatic carbocycles. The summed E-state index contributed by atoms with van der Waals surface area (Å²) < 4.78 is 5.46. The fraction of sp³-hybridized carbons (Fsp3) is 0.867. The lowest BCUT2D eigenvalue weighted by atomic mass is 9.91. The van der Waals surface area contributed by atoms with Gasteiger partial charge in [-0.3, -0.25) is 9.59 Å². The topological polar surface area (TPSA) is 70.7 Å². The number of nitrogens with one attached hydrogen (secondary N) is 2. The molecule has 122 valence electrons. The van der Waals surface area contributed by atoms with Gasteiger partial charge >= 0.3 is 0 Å². The van der Waals surface area contributed by atoms with Crippen molar-refractivity contribution in [3.63, 3.8) is 0 Å². The van der Waals surface area contributed by atoms with Crippen LogP contribution >= 0.6 is 0 Å². The van der Waals surface area contributed by atoms with Crippen LogP contribution in [0.15, 0.2) is 0 Å². The van der Waals surface area contributed by atoms with Crippen molar-refractivity contribution >= 4 is 11.8 Å². The number of hydrogen-bond donors (Lipinski definition) is 2. The molecule has 0 bridgehead atoms. The van der Waals surface area contributed by atoms with E-state index in [1.807, 2.05) is 14.1 Å². The first-order valence-electron chi connectivity index (χ1n) is 7.67. The molecule has 0 saturated carbocycles. The van der Waals surface area contributed by atoms with Crippen LogP contribution in [0.3, 0.4) is 0 Å². The van der Waals surface area contributed by atoms with Gasteiger partial charge in [0.25, 0.3) is 0 Å². The van der Waals surface area contributed by atoms with Crippen LogP contribution in [-0.4, -0.2) is 63.2 Å². The maximum atomic E-state index is 12.2. The Morgan fingerprint density at radius 3 is 2.48 bits per heavy atom. The Labute approximate surface area is 127 Å². The lowest BCUT2D eigenvalue weighted by Gasteiger charge is -2.23. The highest BCUT2D eigenvalue weighted by atomic mass is 16.5. The summed E-state index contributed by atoms with van der Waals surface area (Å²) in [5, 5.41) is 5.65. The van der Waals surface area contributed by atoms with Gasteiger partial charge in [-0.15, -0.1) is 0 Å². The average Bonchev–Trinajstić information content (AvgIpc) is 2.93. The fourth-order valence-corrected chi connectivity index (χ4v) is 2.15. The molecule has 1 aliphatic rings. The Morgan fingerprint density at radius 1 is 1.24 bits per heavy atom. The van der Waals surface area contributed by atoms with E-state index in [4.69, 9.17) is 4.74 Å². The zero-order valence-corrected chi connectivity index (χ0v) is 13.7. The summed E-state index contributed by atoms with van der Waals surface area (Å²) in [6, 6.07) is 0. The molecule has 0 aromatic heterocycles. The molecular weight excluding hydrogens is 270 g/mol. The minimum Gasteiger partial charge on any atom is -0.376 e. The summed E-state index contributed by atoms with van der Waals surface area (Å²) in [5.41, 5.74) is -1.06. The van der Waals surface area contributed by atoms with Gasteiger partial charge in [0.1, 0.15) is 5.41 Å². The largest absolute Gasteiger partial charge is 0.376 e. The van der Waals surface area contributed by atoms with E-state index in [0.29, 0.717) is 13.1 Å². The summed E-state index contributed by atoms with van der Waals surface area (Å²) in [5.74, 6) is -0.478. The van der Waals surface area contributed by atoms with Crippen molar-refractivity contribution in [3.8, 4) is 0 Å². The normalized spacial score (nSPS) is 18.8. The second-order valence-corrected chi connectivity index (χ2v) is 6.38. The van der Waals surface area contributed by atoms with Gasteiger partial charge in [-0.1, -0.05) is 0 Å². The lowest BCUT2D eigenvalue weighted by molar-refractivity contribution is -0.141. The van der Waals surface area contributed by atoms with Crippen LogP contribution in [-0.2, 0) is 14.3 Å². The van der Waals surface area contributed by atoms with Gasteiger partial charge in [0.2, 0.25) is 11.8 Å². The maximum Gasteiger partial charge on any atom is 0.235 e. The molecule has 0 radical (unpaired) electrons. The van der Waals surface area contributed by atoms with E-state index in [2.05, 4.69) is 15.5 Å². The molecule has 2 N–H and O–H groups in total. The summed E-state index contributed by atoms with van der Waals surface area (Å²) in [7, 11) is 3.98. The molecule has 1 atom stereocenters. The van der Waals surface area contributed by atoms with Crippen molar-refractivity contribution in [2.75, 3.05) is 40.3 Å². The highest BCUT2D eigenvalue weighted by Gasteiger charge is 2.36. The Bertz CT molecular complexity index is 350. The average molecular weight is 299 g/mol. The van der Waals surface area contributed by atoms with Crippen molar-refractivity contribution in [1.82, 2.24) is 15.5 Å². The van der Waals surface area contributed by atoms with E-state index in [9.17, 15) is 9.59 Å². The number of carbonyl (C=O) groups is 2. The van der Waals surface area contributed by atoms with Gasteiger partial charge in [-0.05, 0) is 53.8 Å². The van der Waals surface area contributed by atoms with Crippen LogP contribution in [0.4, 0.5) is 0 Å². The first-order chi connectivity index (χ1) is 9.84. The zero-order chi connectivity index (χ0) is 15.9. The van der Waals surface area contributed by atoms with Gasteiger partial charge in [0, 0.05) is 19.7 Å². The number of rotatable bonds is 8. The van der Waals surface area contributed by atoms with Gasteiger partial charge in [0.05, 0.1) is 6.10 Å². The maximum absolute atomic E-state index is 12.2. The third-order valence-electron chi connectivity index (χ3n) is 3.72. The van der Waals surface area contributed by atoms with Crippen LogP contribution in [0.2, 0.25) is 0 Å². The summed E-state index contributed by atoms with van der Waals surface area (Å²) >= 11 is 0. The number of ether oxygens (including phenoxy) is 1. The monoisotopic (exact) mass is 299 g/mol. The first-order valence-corrected chi connectivity index (χ1v) is 7.67. The molecule has 0 spiro atoms. The first kappa shape index (κ1) is 17.9. The molecule has 6 nitrogen and oxygen atoms in total. The zero-order valence-electron chi connectivity index (χ0n) is 13.7. The summed E-state index contributed by atoms with van der Waals surface area (Å²) in [4.78, 5) is 26.4. The highest BCUT2D eigenvalue weighted by molar-refractivity contribution is 6.04. The number of hydrogen-bond acceptors (Lipinski definition) is 4. The molecule has 1 rings (SSSR count). The number of amides is 2. The minimum absolute atomic E-state index is 0.0907. The predicted octanol–water partition coefficient (Wildman–Crippen LogP) is 0.376. The molecule has 1 aliphatic heterocycles. The Morgan fingerprint density at radius 2 is 1.90 bits per heavy atom. The molecule has 0 aromatic rings. The molecule has 1 fully saturated rings. The van der Waals surface area contributed by atoms with Crippen LogP contribution in [0.25, 0.3) is 0 Å². The third kappa shape index (κ3) is 6.01. The van der Waals surface area contributed by atoms with Gasteiger partial charge < -0.3 is 20.3 Å². The van der Waals surface area contributed by atoms with E-state index in [-0.39, 0.29) is 17.9 Å². The van der Waals surface area contributed by atoms with Gasteiger partial charge in [-0.25, -0.2) is 0 Å². The van der Waals surface area contributed by atoms with Crippen molar-refractivity contribution in [3.05, 3.63) is 0 Å². The van der Waals surface area contributed by atoms with Crippen LogP contribution in [0, 0.1) is 5.41 Å².